The maximum Gasteiger partial charge on any atom is 0.128 e. The van der Waals surface area contributed by atoms with Crippen molar-refractivity contribution in [3.05, 3.63) is 23.4 Å². The molecule has 1 atom stereocenters. The number of pyridine rings is 1. The van der Waals surface area contributed by atoms with Gasteiger partial charge in [-0.3, -0.25) is 0 Å². The van der Waals surface area contributed by atoms with Crippen LogP contribution in [0.4, 0.5) is 5.82 Å². The second-order valence-corrected chi connectivity index (χ2v) is 3.73. The minimum Gasteiger partial charge on any atom is -0.385 e. The monoisotopic (exact) mass is 209 g/mol. The quantitative estimate of drug-likeness (QED) is 0.719. The molecule has 0 spiro atoms. The maximum absolute atomic E-state index is 6.03. The van der Waals surface area contributed by atoms with E-state index in [1.54, 1.807) is 13.3 Å². The topological polar surface area (TPSA) is 74.2 Å². The van der Waals surface area contributed by atoms with Crippen LogP contribution in [0.25, 0.3) is 0 Å². The molecule has 4 nitrogen and oxygen atoms in total. The summed E-state index contributed by atoms with van der Waals surface area (Å²) in [7, 11) is 1.69. The SMILES string of the molecule is COCCCC(N)c1cc(C)cnc1N. The van der Waals surface area contributed by atoms with E-state index in [1.807, 2.05) is 13.0 Å². The van der Waals surface area contributed by atoms with E-state index in [1.165, 1.54) is 0 Å². The van der Waals surface area contributed by atoms with Gasteiger partial charge in [-0.05, 0) is 31.4 Å². The third-order valence-electron chi connectivity index (χ3n) is 2.35. The van der Waals surface area contributed by atoms with E-state index in [9.17, 15) is 0 Å². The second-order valence-electron chi connectivity index (χ2n) is 3.73. The van der Waals surface area contributed by atoms with Crippen LogP contribution in [0.1, 0.15) is 30.0 Å². The summed E-state index contributed by atoms with van der Waals surface area (Å²) in [5, 5.41) is 0. The first-order chi connectivity index (χ1) is 7.15. The van der Waals surface area contributed by atoms with Crippen LogP contribution in [-0.2, 0) is 4.74 Å². The van der Waals surface area contributed by atoms with Crippen LogP contribution in [0.5, 0.6) is 0 Å². The van der Waals surface area contributed by atoms with Crippen LogP contribution in [0.3, 0.4) is 0 Å². The molecule has 0 saturated heterocycles. The van der Waals surface area contributed by atoms with E-state index in [4.69, 9.17) is 16.2 Å². The number of rotatable bonds is 5. The fourth-order valence-electron chi connectivity index (χ4n) is 1.50. The number of nitrogens with zero attached hydrogens (tertiary/aromatic N) is 1. The minimum atomic E-state index is -0.0486. The van der Waals surface area contributed by atoms with Crippen molar-refractivity contribution in [1.29, 1.82) is 0 Å². The Labute approximate surface area is 90.6 Å². The predicted octanol–water partition coefficient (Wildman–Crippen LogP) is 1.40. The van der Waals surface area contributed by atoms with Crippen molar-refractivity contribution in [1.82, 2.24) is 4.98 Å². The standard InChI is InChI=1S/C11H19N3O/c1-8-6-9(11(13)14-7-8)10(12)4-3-5-15-2/h6-7,10H,3-5,12H2,1-2H3,(H2,13,14). The molecule has 0 radical (unpaired) electrons. The number of nitrogens with two attached hydrogens (primary N) is 2. The minimum absolute atomic E-state index is 0.0486. The molecule has 0 aliphatic heterocycles. The summed E-state index contributed by atoms with van der Waals surface area (Å²) in [6.07, 6.45) is 3.55. The van der Waals surface area contributed by atoms with E-state index in [2.05, 4.69) is 4.98 Å². The highest BCUT2D eigenvalue weighted by Crippen LogP contribution is 2.21. The molecule has 1 unspecified atom stereocenters. The van der Waals surface area contributed by atoms with Crippen molar-refractivity contribution in [2.75, 3.05) is 19.5 Å². The Hall–Kier alpha value is -1.13. The van der Waals surface area contributed by atoms with Crippen LogP contribution < -0.4 is 11.5 Å². The van der Waals surface area contributed by atoms with Crippen molar-refractivity contribution in [3.63, 3.8) is 0 Å². The molecule has 0 aliphatic rings. The molecule has 0 aliphatic carbocycles. The Kier molecular flexibility index (Phi) is 4.52. The molecule has 1 aromatic rings. The Balaban J connectivity index is 2.64. The van der Waals surface area contributed by atoms with E-state index < -0.39 is 0 Å². The second kappa shape index (κ2) is 5.68. The van der Waals surface area contributed by atoms with Gasteiger partial charge in [-0.15, -0.1) is 0 Å². The highest BCUT2D eigenvalue weighted by atomic mass is 16.5. The number of anilines is 1. The van der Waals surface area contributed by atoms with Gasteiger partial charge in [0.15, 0.2) is 0 Å². The molecule has 0 fully saturated rings. The molecule has 0 bridgehead atoms. The first-order valence-corrected chi connectivity index (χ1v) is 5.11. The van der Waals surface area contributed by atoms with Crippen molar-refractivity contribution in [2.45, 2.75) is 25.8 Å². The predicted molar refractivity (Wildman–Crippen MR) is 61.4 cm³/mol. The van der Waals surface area contributed by atoms with Gasteiger partial charge in [0.1, 0.15) is 5.82 Å². The molecule has 1 aromatic heterocycles. The first-order valence-electron chi connectivity index (χ1n) is 5.11. The van der Waals surface area contributed by atoms with Crippen LogP contribution >= 0.6 is 0 Å². The van der Waals surface area contributed by atoms with Crippen molar-refractivity contribution < 1.29 is 4.74 Å². The summed E-state index contributed by atoms with van der Waals surface area (Å²) in [5.74, 6) is 0.533. The Bertz CT molecular complexity index is 315. The molecule has 0 aromatic carbocycles. The molecular formula is C11H19N3O. The number of ether oxygens (including phenoxy) is 1. The smallest absolute Gasteiger partial charge is 0.128 e. The Morgan fingerprint density at radius 3 is 2.93 bits per heavy atom. The number of hydrogen-bond acceptors (Lipinski definition) is 4. The Morgan fingerprint density at radius 1 is 1.53 bits per heavy atom. The van der Waals surface area contributed by atoms with Gasteiger partial charge in [0.05, 0.1) is 0 Å². The van der Waals surface area contributed by atoms with E-state index in [0.29, 0.717) is 5.82 Å². The van der Waals surface area contributed by atoms with Crippen molar-refractivity contribution in [2.24, 2.45) is 5.73 Å². The number of aromatic nitrogens is 1. The van der Waals surface area contributed by atoms with E-state index in [-0.39, 0.29) is 6.04 Å². The highest BCUT2D eigenvalue weighted by Gasteiger charge is 2.10. The molecule has 15 heavy (non-hydrogen) atoms. The number of hydrogen-bond donors (Lipinski definition) is 2. The lowest BCUT2D eigenvalue weighted by atomic mass is 10.0. The molecular weight excluding hydrogens is 190 g/mol. The van der Waals surface area contributed by atoms with E-state index in [0.717, 1.165) is 30.6 Å². The van der Waals surface area contributed by atoms with Crippen LogP contribution in [0, 0.1) is 6.92 Å². The van der Waals surface area contributed by atoms with Crippen LogP contribution in [0.2, 0.25) is 0 Å². The molecule has 0 saturated carbocycles. The lowest BCUT2D eigenvalue weighted by Gasteiger charge is -2.14. The third kappa shape index (κ3) is 3.49. The maximum atomic E-state index is 6.03. The molecule has 4 heteroatoms. The summed E-state index contributed by atoms with van der Waals surface area (Å²) >= 11 is 0. The lowest BCUT2D eigenvalue weighted by molar-refractivity contribution is 0.190. The van der Waals surface area contributed by atoms with Crippen molar-refractivity contribution in [3.8, 4) is 0 Å². The highest BCUT2D eigenvalue weighted by molar-refractivity contribution is 5.42. The normalized spacial score (nSPS) is 12.7. The van der Waals surface area contributed by atoms with Gasteiger partial charge in [-0.25, -0.2) is 4.98 Å². The number of aryl methyl sites for hydroxylation is 1. The van der Waals surface area contributed by atoms with Gasteiger partial charge in [-0.1, -0.05) is 0 Å². The van der Waals surface area contributed by atoms with Gasteiger partial charge in [0.2, 0.25) is 0 Å². The van der Waals surface area contributed by atoms with Gasteiger partial charge in [0.25, 0.3) is 0 Å². The lowest BCUT2D eigenvalue weighted by Crippen LogP contribution is -2.14. The zero-order chi connectivity index (χ0) is 11.3. The third-order valence-corrected chi connectivity index (χ3v) is 2.35. The largest absolute Gasteiger partial charge is 0.385 e. The summed E-state index contributed by atoms with van der Waals surface area (Å²) in [5.41, 5.74) is 13.8. The van der Waals surface area contributed by atoms with Gasteiger partial charge >= 0.3 is 0 Å². The van der Waals surface area contributed by atoms with E-state index >= 15 is 0 Å². The number of nitrogen functional groups attached to an aromatic ring is 1. The van der Waals surface area contributed by atoms with Gasteiger partial charge in [0, 0.05) is 31.5 Å². The zero-order valence-corrected chi connectivity index (χ0v) is 9.36. The summed E-state index contributed by atoms with van der Waals surface area (Å²) in [6.45, 7) is 2.71. The van der Waals surface area contributed by atoms with Gasteiger partial charge in [-0.2, -0.15) is 0 Å². The average Bonchev–Trinajstić information content (AvgIpc) is 2.22. The molecule has 1 rings (SSSR count). The fourth-order valence-corrected chi connectivity index (χ4v) is 1.50. The summed E-state index contributed by atoms with van der Waals surface area (Å²) in [4.78, 5) is 4.09. The molecule has 84 valence electrons. The summed E-state index contributed by atoms with van der Waals surface area (Å²) < 4.78 is 4.98. The number of methoxy groups -OCH3 is 1. The summed E-state index contributed by atoms with van der Waals surface area (Å²) in [6, 6.07) is 1.95. The first kappa shape index (κ1) is 11.9. The average molecular weight is 209 g/mol. The molecule has 4 N–H and O–H groups in total. The van der Waals surface area contributed by atoms with Crippen LogP contribution in [-0.4, -0.2) is 18.7 Å². The molecule has 1 heterocycles. The molecule has 0 amide bonds. The van der Waals surface area contributed by atoms with Crippen LogP contribution in [0.15, 0.2) is 12.3 Å². The Morgan fingerprint density at radius 2 is 2.27 bits per heavy atom. The zero-order valence-electron chi connectivity index (χ0n) is 9.36. The fraction of sp³-hybridized carbons (Fsp3) is 0.545. The van der Waals surface area contributed by atoms with Gasteiger partial charge < -0.3 is 16.2 Å². The van der Waals surface area contributed by atoms with Crippen molar-refractivity contribution >= 4 is 5.82 Å².